The Labute approximate surface area is 129 Å². The molecule has 0 bridgehead atoms. The Morgan fingerprint density at radius 3 is 2.05 bits per heavy atom. The largest absolute Gasteiger partial charge is 0.390 e. The first-order valence-corrected chi connectivity index (χ1v) is 10.4. The molecule has 2 fully saturated rings. The van der Waals surface area contributed by atoms with Gasteiger partial charge in [-0.05, 0) is 25.2 Å². The lowest BCUT2D eigenvalue weighted by molar-refractivity contribution is 0.145. The zero-order chi connectivity index (χ0) is 15.3. The van der Waals surface area contributed by atoms with Crippen molar-refractivity contribution in [2.45, 2.75) is 88.0 Å². The van der Waals surface area contributed by atoms with Crippen molar-refractivity contribution >= 4 is 9.84 Å². The number of sulfone groups is 1. The van der Waals surface area contributed by atoms with Crippen molar-refractivity contribution in [2.75, 3.05) is 5.75 Å². The van der Waals surface area contributed by atoms with Crippen LogP contribution in [0.25, 0.3) is 0 Å². The molecule has 124 valence electrons. The molecular weight excluding hydrogens is 286 g/mol. The Morgan fingerprint density at radius 1 is 0.952 bits per heavy atom. The first-order valence-electron chi connectivity index (χ1n) is 8.64. The zero-order valence-electron chi connectivity index (χ0n) is 13.0. The van der Waals surface area contributed by atoms with Crippen molar-refractivity contribution in [3.8, 4) is 0 Å². The second kappa shape index (κ2) is 7.93. The van der Waals surface area contributed by atoms with Gasteiger partial charge in [-0.25, -0.2) is 8.42 Å². The van der Waals surface area contributed by atoms with Gasteiger partial charge in [0.05, 0.1) is 17.1 Å². The molecule has 2 unspecified atom stereocenters. The number of hydrogen-bond donors (Lipinski definition) is 2. The summed E-state index contributed by atoms with van der Waals surface area (Å²) in [4.78, 5) is 0. The SMILES string of the molecule is NC(CC1CCCCC1)C(O)CS(=O)(=O)C1CCCCC1. The average molecular weight is 317 g/mol. The number of aliphatic hydroxyl groups excluding tert-OH is 1. The van der Waals surface area contributed by atoms with Crippen molar-refractivity contribution in [3.05, 3.63) is 0 Å². The van der Waals surface area contributed by atoms with Crippen LogP contribution in [0.4, 0.5) is 0 Å². The van der Waals surface area contributed by atoms with Crippen LogP contribution in [0.1, 0.15) is 70.6 Å². The quantitative estimate of drug-likeness (QED) is 0.788. The topological polar surface area (TPSA) is 80.4 Å². The van der Waals surface area contributed by atoms with E-state index >= 15 is 0 Å². The Bertz CT molecular complexity index is 398. The summed E-state index contributed by atoms with van der Waals surface area (Å²) in [5.41, 5.74) is 6.07. The monoisotopic (exact) mass is 317 g/mol. The summed E-state index contributed by atoms with van der Waals surface area (Å²) in [7, 11) is -3.20. The molecule has 0 aromatic heterocycles. The van der Waals surface area contributed by atoms with Crippen molar-refractivity contribution in [1.82, 2.24) is 0 Å². The highest BCUT2D eigenvalue weighted by molar-refractivity contribution is 7.92. The minimum atomic E-state index is -3.20. The lowest BCUT2D eigenvalue weighted by Crippen LogP contribution is -2.43. The van der Waals surface area contributed by atoms with E-state index in [2.05, 4.69) is 0 Å². The predicted octanol–water partition coefficient (Wildman–Crippen LogP) is 2.39. The number of aliphatic hydroxyl groups is 1. The predicted molar refractivity (Wildman–Crippen MR) is 85.8 cm³/mol. The van der Waals surface area contributed by atoms with Gasteiger partial charge in [0.1, 0.15) is 0 Å². The number of hydrogen-bond acceptors (Lipinski definition) is 4. The highest BCUT2D eigenvalue weighted by Crippen LogP contribution is 2.28. The maximum absolute atomic E-state index is 12.4. The van der Waals surface area contributed by atoms with E-state index in [1.54, 1.807) is 0 Å². The summed E-state index contributed by atoms with van der Waals surface area (Å²) in [6.07, 6.45) is 10.6. The van der Waals surface area contributed by atoms with Crippen LogP contribution in [-0.4, -0.2) is 36.7 Å². The molecular formula is C16H31NO3S. The van der Waals surface area contributed by atoms with E-state index in [1.165, 1.54) is 32.1 Å². The minimum Gasteiger partial charge on any atom is -0.390 e. The lowest BCUT2D eigenvalue weighted by atomic mass is 9.84. The summed E-state index contributed by atoms with van der Waals surface area (Å²) >= 11 is 0. The molecule has 2 saturated carbocycles. The molecule has 2 aliphatic rings. The standard InChI is InChI=1S/C16H31NO3S/c17-15(11-13-7-3-1-4-8-13)16(18)12-21(19,20)14-9-5-2-6-10-14/h13-16,18H,1-12,17H2. The lowest BCUT2D eigenvalue weighted by Gasteiger charge is -2.28. The van der Waals surface area contributed by atoms with Gasteiger partial charge in [-0.15, -0.1) is 0 Å². The number of nitrogens with two attached hydrogens (primary N) is 1. The van der Waals surface area contributed by atoms with Crippen LogP contribution in [0.3, 0.4) is 0 Å². The second-order valence-electron chi connectivity index (χ2n) is 7.06. The fraction of sp³-hybridized carbons (Fsp3) is 1.00. The van der Waals surface area contributed by atoms with E-state index in [1.807, 2.05) is 0 Å². The van der Waals surface area contributed by atoms with Gasteiger partial charge in [0.25, 0.3) is 0 Å². The van der Waals surface area contributed by atoms with E-state index in [4.69, 9.17) is 5.73 Å². The zero-order valence-corrected chi connectivity index (χ0v) is 13.9. The summed E-state index contributed by atoms with van der Waals surface area (Å²) in [5, 5.41) is 9.96. The molecule has 3 N–H and O–H groups in total. The molecule has 0 heterocycles. The molecule has 0 radical (unpaired) electrons. The average Bonchev–Trinajstić information content (AvgIpc) is 2.48. The van der Waals surface area contributed by atoms with Gasteiger partial charge < -0.3 is 10.8 Å². The summed E-state index contributed by atoms with van der Waals surface area (Å²) in [5.74, 6) is 0.423. The third-order valence-electron chi connectivity index (χ3n) is 5.29. The smallest absolute Gasteiger partial charge is 0.155 e. The van der Waals surface area contributed by atoms with E-state index < -0.39 is 22.0 Å². The van der Waals surface area contributed by atoms with Crippen molar-refractivity contribution in [3.63, 3.8) is 0 Å². The van der Waals surface area contributed by atoms with Crippen LogP contribution in [0.5, 0.6) is 0 Å². The van der Waals surface area contributed by atoms with Crippen LogP contribution >= 0.6 is 0 Å². The molecule has 0 aromatic rings. The normalized spacial score (nSPS) is 25.6. The van der Waals surface area contributed by atoms with Gasteiger partial charge in [0.2, 0.25) is 0 Å². The minimum absolute atomic E-state index is 0.147. The van der Waals surface area contributed by atoms with Crippen molar-refractivity contribution in [1.29, 1.82) is 0 Å². The third kappa shape index (κ3) is 5.22. The van der Waals surface area contributed by atoms with Crippen LogP contribution in [0.15, 0.2) is 0 Å². The maximum Gasteiger partial charge on any atom is 0.155 e. The van der Waals surface area contributed by atoms with Crippen LogP contribution in [0.2, 0.25) is 0 Å². The van der Waals surface area contributed by atoms with Gasteiger partial charge >= 0.3 is 0 Å². The van der Waals surface area contributed by atoms with Crippen molar-refractivity contribution in [2.24, 2.45) is 11.7 Å². The molecule has 0 aliphatic heterocycles. The summed E-state index contributed by atoms with van der Waals surface area (Å²) in [6.45, 7) is 0. The molecule has 2 rings (SSSR count). The summed E-state index contributed by atoms with van der Waals surface area (Å²) < 4.78 is 24.8. The van der Waals surface area contributed by atoms with Gasteiger partial charge in [0, 0.05) is 6.04 Å². The molecule has 0 spiro atoms. The Morgan fingerprint density at radius 2 is 1.48 bits per heavy atom. The molecule has 0 amide bonds. The first-order chi connectivity index (χ1) is 9.99. The molecule has 0 saturated heterocycles. The third-order valence-corrected chi connectivity index (χ3v) is 7.58. The molecule has 2 atom stereocenters. The highest BCUT2D eigenvalue weighted by atomic mass is 32.2. The van der Waals surface area contributed by atoms with Gasteiger partial charge in [0.15, 0.2) is 9.84 Å². The highest BCUT2D eigenvalue weighted by Gasteiger charge is 2.32. The number of rotatable bonds is 6. The molecule has 2 aliphatic carbocycles. The van der Waals surface area contributed by atoms with E-state index in [-0.39, 0.29) is 11.0 Å². The van der Waals surface area contributed by atoms with Gasteiger partial charge in [-0.3, -0.25) is 0 Å². The fourth-order valence-corrected chi connectivity index (χ4v) is 5.93. The van der Waals surface area contributed by atoms with E-state index in [0.717, 1.165) is 38.5 Å². The van der Waals surface area contributed by atoms with Gasteiger partial charge in [-0.2, -0.15) is 0 Å². The fourth-order valence-electron chi connectivity index (χ4n) is 3.89. The Hall–Kier alpha value is -0.130. The molecule has 0 aromatic carbocycles. The molecule has 4 nitrogen and oxygen atoms in total. The van der Waals surface area contributed by atoms with Crippen molar-refractivity contribution < 1.29 is 13.5 Å². The second-order valence-corrected chi connectivity index (χ2v) is 9.39. The van der Waals surface area contributed by atoms with E-state index in [9.17, 15) is 13.5 Å². The maximum atomic E-state index is 12.4. The first kappa shape index (κ1) is 17.2. The Balaban J connectivity index is 1.82. The molecule has 21 heavy (non-hydrogen) atoms. The van der Waals surface area contributed by atoms with E-state index in [0.29, 0.717) is 5.92 Å². The van der Waals surface area contributed by atoms with Crippen LogP contribution < -0.4 is 5.73 Å². The summed E-state index contributed by atoms with van der Waals surface area (Å²) in [6, 6.07) is -0.397. The van der Waals surface area contributed by atoms with Crippen LogP contribution in [-0.2, 0) is 9.84 Å². The Kier molecular flexibility index (Phi) is 6.51. The van der Waals surface area contributed by atoms with Gasteiger partial charge in [-0.1, -0.05) is 51.4 Å². The van der Waals surface area contributed by atoms with Crippen LogP contribution in [0, 0.1) is 5.92 Å². The molecule has 5 heteroatoms.